The lowest BCUT2D eigenvalue weighted by Gasteiger charge is -2.26. The monoisotopic (exact) mass is 309 g/mol. The number of benzene rings is 1. The van der Waals surface area contributed by atoms with Gasteiger partial charge in [-0.25, -0.2) is 0 Å². The number of carbonyl (C=O) groups excluding carboxylic acids is 1. The molecule has 4 nitrogen and oxygen atoms in total. The Balaban J connectivity index is 2.87. The molecule has 0 fully saturated rings. The smallest absolute Gasteiger partial charge is 0.241 e. The number of nitrogens with zero attached hydrogens (tertiary/aromatic N) is 1. The molecule has 0 spiro atoms. The fourth-order valence-electron chi connectivity index (χ4n) is 1.29. The molecule has 0 unspecified atom stereocenters. The minimum Gasteiger partial charge on any atom is -0.324 e. The van der Waals surface area contributed by atoms with Crippen LogP contribution < -0.4 is 11.1 Å². The fourth-order valence-corrected chi connectivity index (χ4v) is 1.77. The Morgan fingerprint density at radius 1 is 1.50 bits per heavy atom. The first-order chi connectivity index (χ1) is 8.25. The molecule has 1 amide bonds. The van der Waals surface area contributed by atoms with Gasteiger partial charge in [-0.3, -0.25) is 4.79 Å². The van der Waals surface area contributed by atoms with Gasteiger partial charge in [0.05, 0.1) is 23.4 Å². The molecule has 0 saturated carbocycles. The van der Waals surface area contributed by atoms with Crippen LogP contribution in [0.25, 0.3) is 0 Å². The van der Waals surface area contributed by atoms with E-state index in [2.05, 4.69) is 21.2 Å². The minimum atomic E-state index is -0.597. The molecule has 0 aromatic heterocycles. The van der Waals surface area contributed by atoms with Crippen molar-refractivity contribution in [3.8, 4) is 6.07 Å². The van der Waals surface area contributed by atoms with Gasteiger partial charge in [0.15, 0.2) is 0 Å². The standard InChI is InChI=1S/C13H16BrN3O/c1-13(2,3)11(16)12(18)17-10-5-4-8(7-15)6-9(10)14/h4-6,11H,16H2,1-3H3,(H,17,18)/t11-/m1/s1. The van der Waals surface area contributed by atoms with E-state index in [0.717, 1.165) is 0 Å². The van der Waals surface area contributed by atoms with Crippen LogP contribution in [-0.2, 0) is 4.79 Å². The highest BCUT2D eigenvalue weighted by Crippen LogP contribution is 2.25. The van der Waals surface area contributed by atoms with Crippen molar-refractivity contribution in [2.45, 2.75) is 26.8 Å². The lowest BCUT2D eigenvalue weighted by atomic mass is 9.87. The topological polar surface area (TPSA) is 78.9 Å². The van der Waals surface area contributed by atoms with Crippen molar-refractivity contribution in [3.05, 3.63) is 28.2 Å². The maximum absolute atomic E-state index is 11.9. The average molecular weight is 310 g/mol. The first kappa shape index (κ1) is 14.7. The van der Waals surface area contributed by atoms with Gasteiger partial charge >= 0.3 is 0 Å². The Hall–Kier alpha value is -1.38. The van der Waals surface area contributed by atoms with Crippen LogP contribution in [-0.4, -0.2) is 11.9 Å². The zero-order chi connectivity index (χ0) is 13.9. The highest BCUT2D eigenvalue weighted by atomic mass is 79.9. The van der Waals surface area contributed by atoms with E-state index in [4.69, 9.17) is 11.0 Å². The Bertz CT molecular complexity index is 500. The van der Waals surface area contributed by atoms with E-state index < -0.39 is 6.04 Å². The molecule has 3 N–H and O–H groups in total. The minimum absolute atomic E-state index is 0.243. The molecule has 5 heteroatoms. The van der Waals surface area contributed by atoms with Crippen LogP contribution in [0.2, 0.25) is 0 Å². The predicted octanol–water partition coefficient (Wildman–Crippen LogP) is 2.63. The van der Waals surface area contributed by atoms with Gasteiger partial charge in [0.25, 0.3) is 0 Å². The molecular weight excluding hydrogens is 294 g/mol. The van der Waals surface area contributed by atoms with Gasteiger partial charge < -0.3 is 11.1 Å². The van der Waals surface area contributed by atoms with Gasteiger partial charge in [-0.05, 0) is 39.5 Å². The van der Waals surface area contributed by atoms with Gasteiger partial charge in [-0.1, -0.05) is 20.8 Å². The molecule has 96 valence electrons. The number of rotatable bonds is 2. The number of nitriles is 1. The molecule has 0 aliphatic rings. The third kappa shape index (κ3) is 3.56. The van der Waals surface area contributed by atoms with Crippen molar-refractivity contribution in [1.29, 1.82) is 5.26 Å². The van der Waals surface area contributed by atoms with Gasteiger partial charge in [0.1, 0.15) is 0 Å². The van der Waals surface area contributed by atoms with Crippen molar-refractivity contribution in [2.24, 2.45) is 11.1 Å². The van der Waals surface area contributed by atoms with Gasteiger partial charge in [0, 0.05) is 4.47 Å². The summed E-state index contributed by atoms with van der Waals surface area (Å²) in [6.07, 6.45) is 0. The zero-order valence-corrected chi connectivity index (χ0v) is 12.2. The molecular formula is C13H16BrN3O. The third-order valence-electron chi connectivity index (χ3n) is 2.57. The number of hydrogen-bond donors (Lipinski definition) is 2. The second-order valence-electron chi connectivity index (χ2n) is 5.14. The van der Waals surface area contributed by atoms with Crippen molar-refractivity contribution in [3.63, 3.8) is 0 Å². The molecule has 0 heterocycles. The second kappa shape index (κ2) is 5.51. The summed E-state index contributed by atoms with van der Waals surface area (Å²) in [4.78, 5) is 11.9. The van der Waals surface area contributed by atoms with Crippen molar-refractivity contribution in [2.75, 3.05) is 5.32 Å². The summed E-state index contributed by atoms with van der Waals surface area (Å²) in [5.74, 6) is -0.243. The quantitative estimate of drug-likeness (QED) is 0.881. The number of anilines is 1. The Morgan fingerprint density at radius 3 is 2.56 bits per heavy atom. The summed E-state index contributed by atoms with van der Waals surface area (Å²) in [7, 11) is 0. The van der Waals surface area contributed by atoms with Gasteiger partial charge in [-0.15, -0.1) is 0 Å². The van der Waals surface area contributed by atoms with Crippen LogP contribution in [0, 0.1) is 16.7 Å². The second-order valence-corrected chi connectivity index (χ2v) is 5.99. The Labute approximate surface area is 115 Å². The van der Waals surface area contributed by atoms with Crippen molar-refractivity contribution in [1.82, 2.24) is 0 Å². The van der Waals surface area contributed by atoms with Crippen LogP contribution >= 0.6 is 15.9 Å². The van der Waals surface area contributed by atoms with E-state index in [9.17, 15) is 4.79 Å². The van der Waals surface area contributed by atoms with E-state index in [1.807, 2.05) is 26.8 Å². The largest absolute Gasteiger partial charge is 0.324 e. The summed E-state index contributed by atoms with van der Waals surface area (Å²) < 4.78 is 0.663. The van der Waals surface area contributed by atoms with Gasteiger partial charge in [0.2, 0.25) is 5.91 Å². The molecule has 0 radical (unpaired) electrons. The third-order valence-corrected chi connectivity index (χ3v) is 3.23. The number of halogens is 1. The van der Waals surface area contributed by atoms with E-state index in [1.54, 1.807) is 18.2 Å². The summed E-state index contributed by atoms with van der Waals surface area (Å²) in [5.41, 5.74) is 6.70. The number of carbonyl (C=O) groups is 1. The maximum Gasteiger partial charge on any atom is 0.241 e. The molecule has 1 atom stereocenters. The summed E-state index contributed by atoms with van der Waals surface area (Å²) in [5, 5.41) is 11.5. The first-order valence-corrected chi connectivity index (χ1v) is 6.31. The highest BCUT2D eigenvalue weighted by Gasteiger charge is 2.27. The molecule has 18 heavy (non-hydrogen) atoms. The molecule has 0 saturated heterocycles. The molecule has 0 aliphatic heterocycles. The molecule has 0 bridgehead atoms. The van der Waals surface area contributed by atoms with Crippen molar-refractivity contribution < 1.29 is 4.79 Å². The van der Waals surface area contributed by atoms with E-state index in [-0.39, 0.29) is 11.3 Å². The SMILES string of the molecule is CC(C)(C)[C@H](N)C(=O)Nc1ccc(C#N)cc1Br. The van der Waals surface area contributed by atoms with E-state index in [1.165, 1.54) is 0 Å². The average Bonchev–Trinajstić information content (AvgIpc) is 2.29. The van der Waals surface area contributed by atoms with E-state index in [0.29, 0.717) is 15.7 Å². The normalized spacial score (nSPS) is 12.7. The van der Waals surface area contributed by atoms with Crippen LogP contribution in [0.1, 0.15) is 26.3 Å². The highest BCUT2D eigenvalue weighted by molar-refractivity contribution is 9.10. The lowest BCUT2D eigenvalue weighted by molar-refractivity contribution is -0.119. The van der Waals surface area contributed by atoms with Crippen molar-refractivity contribution >= 4 is 27.5 Å². The molecule has 1 rings (SSSR count). The summed E-state index contributed by atoms with van der Waals surface area (Å²) in [6, 6.07) is 6.40. The zero-order valence-electron chi connectivity index (χ0n) is 10.6. The van der Waals surface area contributed by atoms with Crippen LogP contribution in [0.4, 0.5) is 5.69 Å². The fraction of sp³-hybridized carbons (Fsp3) is 0.385. The molecule has 0 aliphatic carbocycles. The number of amides is 1. The van der Waals surface area contributed by atoms with Crippen LogP contribution in [0.5, 0.6) is 0 Å². The van der Waals surface area contributed by atoms with Crippen LogP contribution in [0.15, 0.2) is 22.7 Å². The summed E-state index contributed by atoms with van der Waals surface area (Å²) in [6.45, 7) is 5.72. The Morgan fingerprint density at radius 2 is 2.11 bits per heavy atom. The maximum atomic E-state index is 11.9. The van der Waals surface area contributed by atoms with Gasteiger partial charge in [-0.2, -0.15) is 5.26 Å². The predicted molar refractivity (Wildman–Crippen MR) is 74.9 cm³/mol. The lowest BCUT2D eigenvalue weighted by Crippen LogP contribution is -2.45. The number of nitrogens with two attached hydrogens (primary N) is 1. The molecule has 1 aromatic carbocycles. The first-order valence-electron chi connectivity index (χ1n) is 5.52. The summed E-state index contributed by atoms with van der Waals surface area (Å²) >= 11 is 3.31. The number of hydrogen-bond acceptors (Lipinski definition) is 3. The number of nitrogens with one attached hydrogen (secondary N) is 1. The molecule has 1 aromatic rings. The van der Waals surface area contributed by atoms with Crippen LogP contribution in [0.3, 0.4) is 0 Å². The Kier molecular flexibility index (Phi) is 4.49. The van der Waals surface area contributed by atoms with E-state index >= 15 is 0 Å².